The Balaban J connectivity index is -0.0000000552. The summed E-state index contributed by atoms with van der Waals surface area (Å²) in [6.45, 7) is 0. The summed E-state index contributed by atoms with van der Waals surface area (Å²) in [7, 11) is 19.4. The molecule has 1 radical (unpaired) electrons. The Morgan fingerprint density at radius 3 is 0.933 bits per heavy atom. The number of rotatable bonds is 0. The molecule has 0 saturated carbocycles. The topological polar surface area (TPSA) is 78.1 Å². The van der Waals surface area contributed by atoms with E-state index in [-0.39, 0.29) is 0 Å². The monoisotopic (exact) mass is 314 g/mol. The fourth-order valence-electron chi connectivity index (χ4n) is 0.321. The van der Waals surface area contributed by atoms with Gasteiger partial charge in [0.25, 0.3) is 0 Å². The molecule has 1 aliphatic rings. The van der Waals surface area contributed by atoms with Crippen LogP contribution in [0.4, 0.5) is 0 Å². The predicted octanol–water partition coefficient (Wildman–Crippen LogP) is 2.11. The zero-order chi connectivity index (χ0) is 13.1. The van der Waals surface area contributed by atoms with Crippen LogP contribution in [0.15, 0.2) is 24.3 Å². The van der Waals surface area contributed by atoms with E-state index in [0.717, 1.165) is 0 Å². The van der Waals surface area contributed by atoms with Crippen molar-refractivity contribution in [3.8, 4) is 0 Å². The van der Waals surface area contributed by atoms with Crippen molar-refractivity contribution >= 4 is 29.5 Å². The van der Waals surface area contributed by atoms with Crippen LogP contribution in [0.1, 0.15) is 0 Å². The summed E-state index contributed by atoms with van der Waals surface area (Å²) in [6, 6.07) is 0. The molecule has 0 atom stereocenters. The fraction of sp³-hybridized carbons (Fsp3) is 0.375. The quantitative estimate of drug-likeness (QED) is 0.640. The Morgan fingerprint density at radius 1 is 0.667 bits per heavy atom. The number of halogens is 3. The SMILES string of the molecule is CN.CN.CN.[CH]1C=CC=C1.[Cl][V]([Cl])[Cl]. The van der Waals surface area contributed by atoms with E-state index in [9.17, 15) is 0 Å². The van der Waals surface area contributed by atoms with E-state index in [0.29, 0.717) is 0 Å². The van der Waals surface area contributed by atoms with E-state index in [1.54, 1.807) is 0 Å². The standard InChI is InChI=1S/C5H5.3CH5N.3ClH.V/c1-2-4-5-3-1;3*1-2;;;;/h1-5H;3*2H2,1H3;3*1H;/q;;;;;;;+3/p-3. The Morgan fingerprint density at radius 2 is 0.867 bits per heavy atom. The molecule has 0 aromatic heterocycles. The van der Waals surface area contributed by atoms with Gasteiger partial charge in [-0.15, -0.1) is 0 Å². The normalized spacial score (nSPS) is 9.47. The first-order chi connectivity index (χ1) is 7.23. The van der Waals surface area contributed by atoms with Gasteiger partial charge in [-0.3, -0.25) is 0 Å². The summed E-state index contributed by atoms with van der Waals surface area (Å²) in [5, 5.41) is 0. The maximum absolute atomic E-state index is 4.95. The molecule has 0 spiro atoms. The summed E-state index contributed by atoms with van der Waals surface area (Å²) < 4.78 is 0. The van der Waals surface area contributed by atoms with Crippen molar-refractivity contribution in [2.75, 3.05) is 21.1 Å². The molecular weight excluding hydrogens is 295 g/mol. The Bertz CT molecular complexity index is 109. The Kier molecular flexibility index (Phi) is 60.3. The van der Waals surface area contributed by atoms with Crippen molar-refractivity contribution in [3.05, 3.63) is 30.7 Å². The Labute approximate surface area is 110 Å². The molecule has 0 amide bonds. The Hall–Kier alpha value is 0.814. The number of allylic oxidation sites excluding steroid dienone is 4. The first-order valence-electron chi connectivity index (χ1n) is 3.91. The molecule has 6 N–H and O–H groups in total. The van der Waals surface area contributed by atoms with E-state index in [2.05, 4.69) is 17.2 Å². The number of hydrogen-bond donors (Lipinski definition) is 3. The molecule has 0 aliphatic heterocycles. The van der Waals surface area contributed by atoms with Gasteiger partial charge in [-0.25, -0.2) is 0 Å². The van der Waals surface area contributed by atoms with Crippen molar-refractivity contribution in [1.82, 2.24) is 0 Å². The van der Waals surface area contributed by atoms with Gasteiger partial charge in [-0.05, 0) is 21.1 Å². The first-order valence-corrected chi connectivity index (χ1v) is 9.67. The van der Waals surface area contributed by atoms with Gasteiger partial charge in [0.15, 0.2) is 0 Å². The van der Waals surface area contributed by atoms with Crippen molar-refractivity contribution < 1.29 is 12.3 Å². The molecule has 15 heavy (non-hydrogen) atoms. The maximum atomic E-state index is 4.95. The molecule has 3 nitrogen and oxygen atoms in total. The molecule has 0 unspecified atom stereocenters. The van der Waals surface area contributed by atoms with Crippen molar-refractivity contribution in [2.45, 2.75) is 0 Å². The minimum absolute atomic E-state index is 1.50. The molecule has 0 saturated heterocycles. The predicted molar refractivity (Wildman–Crippen MR) is 70.5 cm³/mol. The van der Waals surface area contributed by atoms with Gasteiger partial charge in [0.2, 0.25) is 0 Å². The van der Waals surface area contributed by atoms with Gasteiger partial charge < -0.3 is 17.2 Å². The zero-order valence-electron chi connectivity index (χ0n) is 9.20. The minimum atomic E-state index is -1.77. The second kappa shape index (κ2) is 36.4. The van der Waals surface area contributed by atoms with Gasteiger partial charge >= 0.3 is 41.8 Å². The van der Waals surface area contributed by atoms with Crippen LogP contribution >= 0.6 is 29.5 Å². The van der Waals surface area contributed by atoms with Crippen LogP contribution in [-0.4, -0.2) is 21.1 Å². The van der Waals surface area contributed by atoms with E-state index in [4.69, 9.17) is 29.5 Å². The number of hydrogen-bond acceptors (Lipinski definition) is 3. The average molecular weight is 316 g/mol. The number of nitrogens with two attached hydrogens (primary N) is 3. The van der Waals surface area contributed by atoms with Crippen LogP contribution < -0.4 is 17.2 Å². The first kappa shape index (κ1) is 24.9. The van der Waals surface area contributed by atoms with Crippen molar-refractivity contribution in [1.29, 1.82) is 0 Å². The zero-order valence-corrected chi connectivity index (χ0v) is 12.9. The van der Waals surface area contributed by atoms with Gasteiger partial charge in [-0.1, -0.05) is 24.3 Å². The molecule has 0 aromatic rings. The molecule has 93 valence electrons. The van der Waals surface area contributed by atoms with Crippen LogP contribution in [0.2, 0.25) is 0 Å². The van der Waals surface area contributed by atoms with Crippen LogP contribution in [0.25, 0.3) is 0 Å². The summed E-state index contributed by atoms with van der Waals surface area (Å²) >= 11 is -1.77. The molecule has 0 heterocycles. The molecular formula is C8H20Cl3N3V. The average Bonchev–Trinajstić information content (AvgIpc) is 2.83. The second-order valence-electron chi connectivity index (χ2n) is 1.15. The summed E-state index contributed by atoms with van der Waals surface area (Å²) in [5.74, 6) is 0. The third-order valence-corrected chi connectivity index (χ3v) is 0.556. The van der Waals surface area contributed by atoms with Crippen molar-refractivity contribution in [3.63, 3.8) is 0 Å². The van der Waals surface area contributed by atoms with Crippen LogP contribution in [0.3, 0.4) is 0 Å². The van der Waals surface area contributed by atoms with E-state index in [1.807, 2.05) is 30.7 Å². The molecule has 0 bridgehead atoms. The van der Waals surface area contributed by atoms with E-state index < -0.39 is 12.3 Å². The molecule has 1 rings (SSSR count). The fourth-order valence-corrected chi connectivity index (χ4v) is 0.321. The van der Waals surface area contributed by atoms with Crippen LogP contribution in [0, 0.1) is 6.42 Å². The van der Waals surface area contributed by atoms with E-state index >= 15 is 0 Å². The third-order valence-electron chi connectivity index (χ3n) is 0.556. The third kappa shape index (κ3) is 72.0. The van der Waals surface area contributed by atoms with Gasteiger partial charge in [0, 0.05) is 6.42 Å². The molecule has 7 heteroatoms. The van der Waals surface area contributed by atoms with Crippen LogP contribution in [-0.2, 0) is 12.3 Å². The van der Waals surface area contributed by atoms with Gasteiger partial charge in [0.1, 0.15) is 0 Å². The second-order valence-corrected chi connectivity index (χ2v) is 8.07. The van der Waals surface area contributed by atoms with E-state index in [1.165, 1.54) is 21.1 Å². The van der Waals surface area contributed by atoms with Crippen LogP contribution in [0.5, 0.6) is 0 Å². The molecule has 0 aromatic carbocycles. The molecule has 0 fully saturated rings. The van der Waals surface area contributed by atoms with Gasteiger partial charge in [-0.2, -0.15) is 0 Å². The summed E-state index contributed by atoms with van der Waals surface area (Å²) in [6.07, 6.45) is 10.0. The van der Waals surface area contributed by atoms with Gasteiger partial charge in [0.05, 0.1) is 0 Å². The summed E-state index contributed by atoms with van der Waals surface area (Å²) in [4.78, 5) is 0. The summed E-state index contributed by atoms with van der Waals surface area (Å²) in [5.41, 5.74) is 13.5. The van der Waals surface area contributed by atoms with Crippen molar-refractivity contribution in [2.24, 2.45) is 17.2 Å². The molecule has 1 aliphatic carbocycles.